The third-order valence-corrected chi connectivity index (χ3v) is 4.18. The molecule has 0 aromatic carbocycles. The van der Waals surface area contributed by atoms with Gasteiger partial charge in [-0.1, -0.05) is 13.8 Å². The molecule has 2 heterocycles. The van der Waals surface area contributed by atoms with Crippen molar-refractivity contribution in [1.29, 1.82) is 0 Å². The Morgan fingerprint density at radius 1 is 1.35 bits per heavy atom. The van der Waals surface area contributed by atoms with Crippen molar-refractivity contribution in [2.75, 3.05) is 26.2 Å². The number of carbonyl (C=O) groups excluding carboxylic acids is 1. The number of hydrogen-bond acceptors (Lipinski definition) is 2. The van der Waals surface area contributed by atoms with Crippen LogP contribution < -0.4 is 10.6 Å². The first-order chi connectivity index (χ1) is 8.09. The highest BCUT2D eigenvalue weighted by Gasteiger charge is 2.32. The number of amides is 2. The number of nitrogens with zero attached hydrogens (tertiary/aromatic N) is 1. The Morgan fingerprint density at radius 2 is 2.06 bits per heavy atom. The predicted octanol–water partition coefficient (Wildman–Crippen LogP) is 1.57. The summed E-state index contributed by atoms with van der Waals surface area (Å²) in [5.41, 5.74) is 0.288. The number of likely N-dealkylation sites (tertiary alicyclic amines) is 1. The Bertz CT molecular complexity index is 272. The number of nitrogens with one attached hydrogen (secondary N) is 2. The summed E-state index contributed by atoms with van der Waals surface area (Å²) in [7, 11) is 0. The summed E-state index contributed by atoms with van der Waals surface area (Å²) in [5.74, 6) is 0. The van der Waals surface area contributed by atoms with E-state index in [-0.39, 0.29) is 11.4 Å². The topological polar surface area (TPSA) is 44.4 Å². The lowest BCUT2D eigenvalue weighted by Crippen LogP contribution is -2.54. The van der Waals surface area contributed by atoms with Crippen molar-refractivity contribution >= 4 is 6.03 Å². The molecule has 2 rings (SSSR count). The zero-order valence-electron chi connectivity index (χ0n) is 11.1. The Hall–Kier alpha value is -0.770. The molecule has 0 saturated carbocycles. The van der Waals surface area contributed by atoms with Gasteiger partial charge in [-0.3, -0.25) is 0 Å². The van der Waals surface area contributed by atoms with E-state index < -0.39 is 0 Å². The molecule has 0 aliphatic carbocycles. The van der Waals surface area contributed by atoms with Crippen LogP contribution in [-0.4, -0.2) is 43.2 Å². The molecule has 4 heteroatoms. The first-order valence-corrected chi connectivity index (χ1v) is 6.86. The number of carbonyl (C=O) groups is 1. The van der Waals surface area contributed by atoms with Crippen LogP contribution in [0.1, 0.15) is 39.5 Å². The summed E-state index contributed by atoms with van der Waals surface area (Å²) < 4.78 is 0. The molecule has 0 bridgehead atoms. The summed E-state index contributed by atoms with van der Waals surface area (Å²) in [4.78, 5) is 13.8. The van der Waals surface area contributed by atoms with Gasteiger partial charge in [-0.15, -0.1) is 0 Å². The zero-order chi connectivity index (χ0) is 12.3. The van der Waals surface area contributed by atoms with Gasteiger partial charge in [0.1, 0.15) is 0 Å². The van der Waals surface area contributed by atoms with Crippen molar-refractivity contribution in [1.82, 2.24) is 15.5 Å². The van der Waals surface area contributed by atoms with Crippen molar-refractivity contribution in [2.24, 2.45) is 5.41 Å². The van der Waals surface area contributed by atoms with Crippen LogP contribution in [0.2, 0.25) is 0 Å². The van der Waals surface area contributed by atoms with Gasteiger partial charge in [-0.25, -0.2) is 4.79 Å². The summed E-state index contributed by atoms with van der Waals surface area (Å²) in [6, 6.07) is 0.522. The van der Waals surface area contributed by atoms with Crippen LogP contribution in [0.4, 0.5) is 4.79 Å². The average Bonchev–Trinajstić information content (AvgIpc) is 2.80. The summed E-state index contributed by atoms with van der Waals surface area (Å²) in [6.07, 6.45) is 4.79. The van der Waals surface area contributed by atoms with E-state index in [1.54, 1.807) is 0 Å². The van der Waals surface area contributed by atoms with Gasteiger partial charge in [0.25, 0.3) is 0 Å². The van der Waals surface area contributed by atoms with E-state index in [0.717, 1.165) is 39.0 Å². The zero-order valence-corrected chi connectivity index (χ0v) is 11.1. The molecule has 1 atom stereocenters. The number of urea groups is 1. The molecule has 98 valence electrons. The number of hydrogen-bond donors (Lipinski definition) is 2. The highest BCUT2D eigenvalue weighted by atomic mass is 16.2. The minimum absolute atomic E-state index is 0.116. The van der Waals surface area contributed by atoms with Crippen LogP contribution in [0.25, 0.3) is 0 Å². The maximum absolute atomic E-state index is 11.9. The maximum atomic E-state index is 11.9. The summed E-state index contributed by atoms with van der Waals surface area (Å²) in [5, 5.41) is 6.60. The Balaban J connectivity index is 1.78. The highest BCUT2D eigenvalue weighted by molar-refractivity contribution is 5.74. The fourth-order valence-electron chi connectivity index (χ4n) is 2.84. The lowest BCUT2D eigenvalue weighted by Gasteiger charge is -2.39. The second-order valence-electron chi connectivity index (χ2n) is 5.98. The summed E-state index contributed by atoms with van der Waals surface area (Å²) >= 11 is 0. The van der Waals surface area contributed by atoms with E-state index >= 15 is 0 Å². The van der Waals surface area contributed by atoms with Gasteiger partial charge in [0.2, 0.25) is 0 Å². The van der Waals surface area contributed by atoms with Gasteiger partial charge in [-0.05, 0) is 37.6 Å². The summed E-state index contributed by atoms with van der Waals surface area (Å²) in [6.45, 7) is 8.24. The van der Waals surface area contributed by atoms with Crippen LogP contribution in [0.5, 0.6) is 0 Å². The van der Waals surface area contributed by atoms with Crippen LogP contribution in [-0.2, 0) is 0 Å². The van der Waals surface area contributed by atoms with Crippen molar-refractivity contribution in [3.63, 3.8) is 0 Å². The van der Waals surface area contributed by atoms with Crippen molar-refractivity contribution in [3.05, 3.63) is 0 Å². The second-order valence-corrected chi connectivity index (χ2v) is 5.98. The number of piperidine rings is 1. The van der Waals surface area contributed by atoms with Crippen LogP contribution in [0, 0.1) is 5.41 Å². The lowest BCUT2D eigenvalue weighted by atomic mass is 9.77. The smallest absolute Gasteiger partial charge is 0.317 e. The maximum Gasteiger partial charge on any atom is 0.317 e. The van der Waals surface area contributed by atoms with E-state index in [1.807, 2.05) is 4.90 Å². The normalized spacial score (nSPS) is 28.1. The lowest BCUT2D eigenvalue weighted by molar-refractivity contribution is 0.169. The van der Waals surface area contributed by atoms with Gasteiger partial charge in [0.05, 0.1) is 0 Å². The molecular formula is C13H25N3O. The minimum atomic E-state index is 0.116. The second kappa shape index (κ2) is 5.25. The molecule has 4 nitrogen and oxygen atoms in total. The average molecular weight is 239 g/mol. The van der Waals surface area contributed by atoms with Crippen molar-refractivity contribution in [2.45, 2.75) is 45.6 Å². The molecule has 17 heavy (non-hydrogen) atoms. The fraction of sp³-hybridized carbons (Fsp3) is 0.923. The van der Waals surface area contributed by atoms with Crippen molar-refractivity contribution in [3.8, 4) is 0 Å². The molecule has 2 N–H and O–H groups in total. The Morgan fingerprint density at radius 3 is 2.71 bits per heavy atom. The third kappa shape index (κ3) is 3.12. The van der Waals surface area contributed by atoms with E-state index in [1.165, 1.54) is 12.8 Å². The SMILES string of the molecule is CC1(C)CCCNC1CNC(=O)N1CCCC1. The van der Waals surface area contributed by atoms with Gasteiger partial charge in [-0.2, -0.15) is 0 Å². The monoisotopic (exact) mass is 239 g/mol. The van der Waals surface area contributed by atoms with Crippen molar-refractivity contribution < 1.29 is 4.79 Å². The Kier molecular flexibility index (Phi) is 3.92. The molecular weight excluding hydrogens is 214 g/mol. The largest absolute Gasteiger partial charge is 0.336 e. The van der Waals surface area contributed by atoms with Gasteiger partial charge in [0, 0.05) is 25.7 Å². The van der Waals surface area contributed by atoms with E-state index in [4.69, 9.17) is 0 Å². The van der Waals surface area contributed by atoms with Gasteiger partial charge in [0.15, 0.2) is 0 Å². The predicted molar refractivity (Wildman–Crippen MR) is 69.0 cm³/mol. The van der Waals surface area contributed by atoms with Gasteiger partial charge < -0.3 is 15.5 Å². The van der Waals surface area contributed by atoms with Gasteiger partial charge >= 0.3 is 6.03 Å². The number of rotatable bonds is 2. The fourth-order valence-corrected chi connectivity index (χ4v) is 2.84. The molecule has 0 spiro atoms. The Labute approximate surface area is 104 Å². The van der Waals surface area contributed by atoms with Crippen LogP contribution >= 0.6 is 0 Å². The molecule has 0 radical (unpaired) electrons. The molecule has 2 amide bonds. The third-order valence-electron chi connectivity index (χ3n) is 4.18. The quantitative estimate of drug-likeness (QED) is 0.768. The molecule has 0 aromatic rings. The highest BCUT2D eigenvalue weighted by Crippen LogP contribution is 2.29. The van der Waals surface area contributed by atoms with E-state index in [2.05, 4.69) is 24.5 Å². The standard InChI is InChI=1S/C13H25N3O/c1-13(2)6-5-7-14-11(13)10-15-12(17)16-8-3-4-9-16/h11,14H,3-10H2,1-2H3,(H,15,17). The molecule has 0 aromatic heterocycles. The first-order valence-electron chi connectivity index (χ1n) is 6.86. The van der Waals surface area contributed by atoms with E-state index in [9.17, 15) is 4.79 Å². The molecule has 2 saturated heterocycles. The molecule has 1 unspecified atom stereocenters. The molecule has 2 aliphatic rings. The molecule has 2 fully saturated rings. The molecule has 2 aliphatic heterocycles. The first kappa shape index (κ1) is 12.7. The van der Waals surface area contributed by atoms with Crippen LogP contribution in [0.15, 0.2) is 0 Å². The minimum Gasteiger partial charge on any atom is -0.336 e. The van der Waals surface area contributed by atoms with Crippen LogP contribution in [0.3, 0.4) is 0 Å². The van der Waals surface area contributed by atoms with E-state index in [0.29, 0.717) is 6.04 Å².